The van der Waals surface area contributed by atoms with Crippen LogP contribution in [0.5, 0.6) is 0 Å². The summed E-state index contributed by atoms with van der Waals surface area (Å²) < 4.78 is 23.9. The number of benzene rings is 1. The van der Waals surface area contributed by atoms with Gasteiger partial charge in [-0.05, 0) is 18.2 Å². The fourth-order valence-electron chi connectivity index (χ4n) is 1.14. The molecule has 0 heterocycles. The van der Waals surface area contributed by atoms with Gasteiger partial charge in [0.15, 0.2) is 0 Å². The molecule has 0 radical (unpaired) electrons. The van der Waals surface area contributed by atoms with Crippen LogP contribution in [0.15, 0.2) is 24.3 Å². The van der Waals surface area contributed by atoms with Crippen LogP contribution in [0.4, 0.5) is 5.69 Å². The Hall–Kier alpha value is -1.58. The number of nitriles is 1. The molecule has 0 saturated carbocycles. The highest BCUT2D eigenvalue weighted by atomic mass is 32.2. The lowest BCUT2D eigenvalue weighted by Crippen LogP contribution is -2.27. The Labute approximate surface area is 95.1 Å². The molecule has 0 saturated heterocycles. The molecule has 16 heavy (non-hydrogen) atoms. The maximum absolute atomic E-state index is 10.8. The van der Waals surface area contributed by atoms with E-state index in [1.54, 1.807) is 18.2 Å². The van der Waals surface area contributed by atoms with Gasteiger partial charge in [0.25, 0.3) is 0 Å². The standard InChI is InChI=1S/C10H13N3O2S/c1-16(14,15)13-6-5-12-10-4-2-3-9(7-10)8-11/h2-4,7,12-13H,5-6H2,1H3. The van der Waals surface area contributed by atoms with Crippen LogP contribution in [-0.4, -0.2) is 27.8 Å². The quantitative estimate of drug-likeness (QED) is 0.734. The number of anilines is 1. The van der Waals surface area contributed by atoms with Gasteiger partial charge in [-0.25, -0.2) is 13.1 Å². The fraction of sp³-hybridized carbons (Fsp3) is 0.300. The van der Waals surface area contributed by atoms with E-state index in [2.05, 4.69) is 10.0 Å². The highest BCUT2D eigenvalue weighted by molar-refractivity contribution is 7.88. The van der Waals surface area contributed by atoms with Crippen molar-refractivity contribution in [3.8, 4) is 6.07 Å². The molecule has 0 atom stereocenters. The molecule has 0 amide bonds. The Balaban J connectivity index is 2.41. The van der Waals surface area contributed by atoms with Crippen molar-refractivity contribution >= 4 is 15.7 Å². The van der Waals surface area contributed by atoms with E-state index in [1.165, 1.54) is 0 Å². The third-order valence-electron chi connectivity index (χ3n) is 1.81. The molecule has 5 nitrogen and oxygen atoms in total. The van der Waals surface area contributed by atoms with Gasteiger partial charge in [0, 0.05) is 18.8 Å². The molecule has 0 aliphatic carbocycles. The summed E-state index contributed by atoms with van der Waals surface area (Å²) in [5.41, 5.74) is 1.37. The van der Waals surface area contributed by atoms with Crippen molar-refractivity contribution in [3.05, 3.63) is 29.8 Å². The lowest BCUT2D eigenvalue weighted by atomic mass is 10.2. The minimum Gasteiger partial charge on any atom is -0.384 e. The summed E-state index contributed by atoms with van der Waals surface area (Å²) >= 11 is 0. The van der Waals surface area contributed by atoms with Gasteiger partial charge in [-0.15, -0.1) is 0 Å². The summed E-state index contributed by atoms with van der Waals surface area (Å²) in [6.07, 6.45) is 1.11. The van der Waals surface area contributed by atoms with Crippen LogP contribution >= 0.6 is 0 Å². The van der Waals surface area contributed by atoms with Gasteiger partial charge in [0.2, 0.25) is 10.0 Å². The highest BCUT2D eigenvalue weighted by Gasteiger charge is 1.99. The zero-order valence-corrected chi connectivity index (χ0v) is 9.71. The second-order valence-corrected chi connectivity index (χ2v) is 5.12. The van der Waals surface area contributed by atoms with E-state index in [1.807, 2.05) is 12.1 Å². The van der Waals surface area contributed by atoms with E-state index >= 15 is 0 Å². The topological polar surface area (TPSA) is 82.0 Å². The maximum atomic E-state index is 10.8. The van der Waals surface area contributed by atoms with Crippen molar-refractivity contribution in [3.63, 3.8) is 0 Å². The van der Waals surface area contributed by atoms with Crippen molar-refractivity contribution in [2.24, 2.45) is 0 Å². The Kier molecular flexibility index (Phi) is 4.28. The first-order valence-corrected chi connectivity index (χ1v) is 6.59. The van der Waals surface area contributed by atoms with Crippen LogP contribution < -0.4 is 10.0 Å². The van der Waals surface area contributed by atoms with Crippen LogP contribution in [0.2, 0.25) is 0 Å². The third-order valence-corrected chi connectivity index (χ3v) is 2.54. The van der Waals surface area contributed by atoms with E-state index in [0.29, 0.717) is 18.7 Å². The summed E-state index contributed by atoms with van der Waals surface area (Å²) in [7, 11) is -3.13. The highest BCUT2D eigenvalue weighted by Crippen LogP contribution is 2.08. The van der Waals surface area contributed by atoms with E-state index in [0.717, 1.165) is 11.9 Å². The van der Waals surface area contributed by atoms with Gasteiger partial charge >= 0.3 is 0 Å². The van der Waals surface area contributed by atoms with Crippen LogP contribution in [0.25, 0.3) is 0 Å². The minimum absolute atomic E-state index is 0.315. The number of nitrogens with zero attached hydrogens (tertiary/aromatic N) is 1. The van der Waals surface area contributed by atoms with Crippen LogP contribution in [0.3, 0.4) is 0 Å². The van der Waals surface area contributed by atoms with Gasteiger partial charge in [0.05, 0.1) is 17.9 Å². The van der Waals surface area contributed by atoms with E-state index < -0.39 is 10.0 Å². The van der Waals surface area contributed by atoms with Crippen LogP contribution in [0, 0.1) is 11.3 Å². The van der Waals surface area contributed by atoms with Crippen molar-refractivity contribution in [2.45, 2.75) is 0 Å². The molecule has 0 aliphatic heterocycles. The lowest BCUT2D eigenvalue weighted by molar-refractivity contribution is 0.589. The van der Waals surface area contributed by atoms with Crippen molar-refractivity contribution in [2.75, 3.05) is 24.7 Å². The number of sulfonamides is 1. The molecule has 2 N–H and O–H groups in total. The van der Waals surface area contributed by atoms with Crippen molar-refractivity contribution in [1.29, 1.82) is 5.26 Å². The van der Waals surface area contributed by atoms with Gasteiger partial charge in [-0.1, -0.05) is 6.07 Å². The van der Waals surface area contributed by atoms with Gasteiger partial charge in [-0.2, -0.15) is 5.26 Å². The summed E-state index contributed by atoms with van der Waals surface area (Å²) in [6.45, 7) is 0.789. The molecule has 6 heteroatoms. The molecule has 1 aromatic carbocycles. The first-order valence-electron chi connectivity index (χ1n) is 4.70. The molecule has 0 bridgehead atoms. The molecule has 1 aromatic rings. The van der Waals surface area contributed by atoms with E-state index in [9.17, 15) is 8.42 Å². The molecule has 86 valence electrons. The Bertz CT molecular complexity index is 491. The maximum Gasteiger partial charge on any atom is 0.208 e. The van der Waals surface area contributed by atoms with Crippen LogP contribution in [-0.2, 0) is 10.0 Å². The first-order chi connectivity index (χ1) is 7.51. The van der Waals surface area contributed by atoms with E-state index in [-0.39, 0.29) is 0 Å². The van der Waals surface area contributed by atoms with Crippen molar-refractivity contribution < 1.29 is 8.42 Å². The Morgan fingerprint density at radius 2 is 2.12 bits per heavy atom. The average Bonchev–Trinajstić information content (AvgIpc) is 2.23. The minimum atomic E-state index is -3.13. The fourth-order valence-corrected chi connectivity index (χ4v) is 1.61. The molecule has 0 unspecified atom stereocenters. The largest absolute Gasteiger partial charge is 0.384 e. The van der Waals surface area contributed by atoms with Gasteiger partial charge in [0.1, 0.15) is 0 Å². The Morgan fingerprint density at radius 1 is 1.38 bits per heavy atom. The average molecular weight is 239 g/mol. The number of hydrogen-bond donors (Lipinski definition) is 2. The van der Waals surface area contributed by atoms with Gasteiger partial charge in [-0.3, -0.25) is 0 Å². The van der Waals surface area contributed by atoms with Gasteiger partial charge < -0.3 is 5.32 Å². The zero-order valence-electron chi connectivity index (χ0n) is 8.90. The predicted octanol–water partition coefficient (Wildman–Crippen LogP) is 0.519. The summed E-state index contributed by atoms with van der Waals surface area (Å²) in [4.78, 5) is 0. The molecular weight excluding hydrogens is 226 g/mol. The first kappa shape index (κ1) is 12.5. The molecule has 0 aliphatic rings. The molecule has 0 spiro atoms. The predicted molar refractivity (Wildman–Crippen MR) is 62.5 cm³/mol. The number of rotatable bonds is 5. The monoisotopic (exact) mass is 239 g/mol. The summed E-state index contributed by atoms with van der Waals surface area (Å²) in [6, 6.07) is 9.04. The summed E-state index contributed by atoms with van der Waals surface area (Å²) in [5, 5.41) is 11.7. The number of hydrogen-bond acceptors (Lipinski definition) is 4. The normalized spacial score (nSPS) is 10.8. The Morgan fingerprint density at radius 3 is 2.75 bits per heavy atom. The second-order valence-electron chi connectivity index (χ2n) is 3.29. The summed E-state index contributed by atoms with van der Waals surface area (Å²) in [5.74, 6) is 0. The molecular formula is C10H13N3O2S. The lowest BCUT2D eigenvalue weighted by Gasteiger charge is -2.06. The molecule has 0 aromatic heterocycles. The SMILES string of the molecule is CS(=O)(=O)NCCNc1cccc(C#N)c1. The molecule has 0 fully saturated rings. The molecule has 1 rings (SSSR count). The van der Waals surface area contributed by atoms with Crippen LogP contribution in [0.1, 0.15) is 5.56 Å². The third kappa shape index (κ3) is 4.77. The van der Waals surface area contributed by atoms with E-state index in [4.69, 9.17) is 5.26 Å². The number of nitrogens with one attached hydrogen (secondary N) is 2. The van der Waals surface area contributed by atoms with Crippen molar-refractivity contribution in [1.82, 2.24) is 4.72 Å². The smallest absolute Gasteiger partial charge is 0.208 e. The zero-order chi connectivity index (χ0) is 12.0. The second kappa shape index (κ2) is 5.49.